The molecule has 0 aliphatic heterocycles. The zero-order valence-electron chi connectivity index (χ0n) is 22.4. The molecule has 5 aromatic rings. The van der Waals surface area contributed by atoms with Crippen LogP contribution in [0.3, 0.4) is 0 Å². The number of sulfonamides is 1. The van der Waals surface area contributed by atoms with Gasteiger partial charge < -0.3 is 20.3 Å². The Balaban J connectivity index is 1.51. The fraction of sp³-hybridized carbons (Fsp3) is 0.0323. The molecule has 0 unspecified atom stereocenters. The quantitative estimate of drug-likeness (QED) is 0.102. The molecular formula is C31H22F3N3O6S. The van der Waals surface area contributed by atoms with Gasteiger partial charge in [0.2, 0.25) is 0 Å². The fourth-order valence-electron chi connectivity index (χ4n) is 4.41. The first-order chi connectivity index (χ1) is 20.8. The number of nitrogens with two attached hydrogens (primary N) is 1. The van der Waals surface area contributed by atoms with Crippen molar-refractivity contribution in [2.45, 2.75) is 11.3 Å². The number of halogens is 3. The minimum Gasteiger partial charge on any atom is -0.478 e. The molecule has 9 nitrogen and oxygen atoms in total. The van der Waals surface area contributed by atoms with Gasteiger partial charge in [-0.05, 0) is 83.1 Å². The Morgan fingerprint density at radius 1 is 0.818 bits per heavy atom. The number of nitrogen functional groups attached to an aromatic ring is 1. The van der Waals surface area contributed by atoms with E-state index in [1.807, 2.05) is 0 Å². The molecule has 0 saturated carbocycles. The minimum atomic E-state index is -4.93. The Morgan fingerprint density at radius 3 is 2.16 bits per heavy atom. The van der Waals surface area contributed by atoms with Crippen molar-refractivity contribution in [2.24, 2.45) is 5.73 Å². The predicted molar refractivity (Wildman–Crippen MR) is 158 cm³/mol. The number of amidine groups is 1. The van der Waals surface area contributed by atoms with E-state index in [0.29, 0.717) is 11.3 Å². The number of hydrogen-bond acceptors (Lipinski definition) is 6. The Labute approximate surface area is 248 Å². The van der Waals surface area contributed by atoms with Gasteiger partial charge in [0, 0.05) is 16.8 Å². The number of ether oxygens (including phenoxy) is 2. The normalized spacial score (nSPS) is 11.6. The number of carboxylic acids is 1. The summed E-state index contributed by atoms with van der Waals surface area (Å²) in [5, 5.41) is 19.1. The predicted octanol–water partition coefficient (Wildman–Crippen LogP) is 6.98. The highest BCUT2D eigenvalue weighted by molar-refractivity contribution is 7.92. The third-order valence-corrected chi connectivity index (χ3v) is 7.79. The number of carbonyl (C=O) groups is 1. The molecule has 5 N–H and O–H groups in total. The second-order valence-corrected chi connectivity index (χ2v) is 11.1. The highest BCUT2D eigenvalue weighted by Crippen LogP contribution is 2.38. The summed E-state index contributed by atoms with van der Waals surface area (Å²) in [5.41, 5.74) is 6.62. The van der Waals surface area contributed by atoms with Crippen molar-refractivity contribution < 1.29 is 41.0 Å². The molecule has 224 valence electrons. The van der Waals surface area contributed by atoms with E-state index in [0.717, 1.165) is 35.0 Å². The highest BCUT2D eigenvalue weighted by Gasteiger charge is 2.31. The van der Waals surface area contributed by atoms with Gasteiger partial charge in [0.1, 0.15) is 23.1 Å². The van der Waals surface area contributed by atoms with Crippen LogP contribution in [0.25, 0.3) is 21.9 Å². The molecule has 0 spiro atoms. The average Bonchev–Trinajstić information content (AvgIpc) is 2.97. The molecule has 44 heavy (non-hydrogen) atoms. The first-order valence-corrected chi connectivity index (χ1v) is 14.2. The minimum absolute atomic E-state index is 0.0402. The number of anilines is 1. The van der Waals surface area contributed by atoms with Gasteiger partial charge in [-0.3, -0.25) is 10.1 Å². The van der Waals surface area contributed by atoms with E-state index in [1.165, 1.54) is 24.3 Å². The van der Waals surface area contributed by atoms with Crippen LogP contribution in [0.2, 0.25) is 0 Å². The summed E-state index contributed by atoms with van der Waals surface area (Å²) < 4.78 is 75.9. The van der Waals surface area contributed by atoms with Crippen LogP contribution in [0.15, 0.2) is 108 Å². The topological polar surface area (TPSA) is 152 Å². The molecule has 5 rings (SSSR count). The van der Waals surface area contributed by atoms with Crippen LogP contribution >= 0.6 is 0 Å². The van der Waals surface area contributed by atoms with Crippen molar-refractivity contribution in [1.82, 2.24) is 0 Å². The van der Waals surface area contributed by atoms with E-state index in [9.17, 15) is 31.5 Å². The number of fused-ring (bicyclic) bond motifs is 1. The highest BCUT2D eigenvalue weighted by atomic mass is 32.2. The molecule has 5 aromatic carbocycles. The van der Waals surface area contributed by atoms with E-state index >= 15 is 0 Å². The first-order valence-electron chi connectivity index (χ1n) is 12.7. The number of carboxylic acid groups (broad SMARTS) is 1. The third-order valence-electron chi connectivity index (χ3n) is 6.40. The lowest BCUT2D eigenvalue weighted by Gasteiger charge is -2.16. The zero-order valence-corrected chi connectivity index (χ0v) is 23.2. The molecule has 13 heteroatoms. The molecule has 0 fully saturated rings. The monoisotopic (exact) mass is 621 g/mol. The number of benzene rings is 5. The van der Waals surface area contributed by atoms with Crippen molar-refractivity contribution in [3.05, 3.63) is 114 Å². The van der Waals surface area contributed by atoms with Gasteiger partial charge in [-0.25, -0.2) is 13.2 Å². The van der Waals surface area contributed by atoms with Gasteiger partial charge in [0.15, 0.2) is 0 Å². The summed E-state index contributed by atoms with van der Waals surface area (Å²) >= 11 is 0. The molecular weight excluding hydrogens is 599 g/mol. The summed E-state index contributed by atoms with van der Waals surface area (Å²) in [6, 6.07) is 24.5. The average molecular weight is 622 g/mol. The van der Waals surface area contributed by atoms with Gasteiger partial charge in [0.05, 0.1) is 10.5 Å². The van der Waals surface area contributed by atoms with Crippen LogP contribution in [-0.4, -0.2) is 31.7 Å². The third kappa shape index (κ3) is 6.73. The maximum atomic E-state index is 13.1. The van der Waals surface area contributed by atoms with E-state index in [4.69, 9.17) is 15.9 Å². The SMILES string of the molecule is N=C(N)c1ccc2cc(Oc3ccc(NS(=O)(=O)c4ccc(OC(F)(F)F)cc4)cc3-c3ccccc3C(=O)O)ccc2c1. The van der Waals surface area contributed by atoms with Gasteiger partial charge >= 0.3 is 12.3 Å². The number of rotatable bonds is 9. The van der Waals surface area contributed by atoms with Crippen LogP contribution in [-0.2, 0) is 10.0 Å². The summed E-state index contributed by atoms with van der Waals surface area (Å²) in [6.45, 7) is 0. The molecule has 0 atom stereocenters. The molecule has 0 aliphatic carbocycles. The Bertz CT molecular complexity index is 2010. The molecule has 0 heterocycles. The van der Waals surface area contributed by atoms with E-state index < -0.39 is 28.1 Å². The zero-order chi connectivity index (χ0) is 31.6. The Kier molecular flexibility index (Phi) is 7.89. The van der Waals surface area contributed by atoms with Crippen LogP contribution < -0.4 is 19.9 Å². The van der Waals surface area contributed by atoms with Crippen molar-refractivity contribution in [1.29, 1.82) is 5.41 Å². The summed E-state index contributed by atoms with van der Waals surface area (Å²) in [5.74, 6) is -1.26. The molecule has 0 amide bonds. The van der Waals surface area contributed by atoms with Crippen LogP contribution in [0, 0.1) is 5.41 Å². The summed E-state index contributed by atoms with van der Waals surface area (Å²) in [6.07, 6.45) is -4.93. The van der Waals surface area contributed by atoms with Crippen LogP contribution in [0.5, 0.6) is 17.2 Å². The number of nitrogens with one attached hydrogen (secondary N) is 2. The van der Waals surface area contributed by atoms with Gasteiger partial charge in [-0.1, -0.05) is 36.4 Å². The van der Waals surface area contributed by atoms with Gasteiger partial charge in [-0.2, -0.15) is 0 Å². The standard InChI is InChI=1S/C31H22F3N3O6S/c32-31(33,34)43-22-10-12-24(13-11-22)44(40,41)37-21-8-14-28(27(17-21)25-3-1-2-4-26(25)30(38)39)42-23-9-7-18-15-20(29(35)36)6-5-19(18)16-23/h1-17,37H,(H3,35,36)(H,38,39). The lowest BCUT2D eigenvalue weighted by atomic mass is 9.98. The number of aromatic carboxylic acids is 1. The molecule has 0 aromatic heterocycles. The van der Waals surface area contributed by atoms with Crippen LogP contribution in [0.1, 0.15) is 15.9 Å². The maximum Gasteiger partial charge on any atom is 0.573 e. The summed E-state index contributed by atoms with van der Waals surface area (Å²) in [4.78, 5) is 11.7. The Hall–Kier alpha value is -5.56. The molecule has 0 aliphatic rings. The second kappa shape index (κ2) is 11.6. The lowest BCUT2D eigenvalue weighted by Crippen LogP contribution is -2.17. The largest absolute Gasteiger partial charge is 0.573 e. The van der Waals surface area contributed by atoms with Crippen LogP contribution in [0.4, 0.5) is 18.9 Å². The van der Waals surface area contributed by atoms with Crippen molar-refractivity contribution in [3.8, 4) is 28.4 Å². The first kappa shape index (κ1) is 29.9. The summed E-state index contributed by atoms with van der Waals surface area (Å²) in [7, 11) is -4.27. The number of alkyl halides is 3. The van der Waals surface area contributed by atoms with E-state index in [2.05, 4.69) is 9.46 Å². The van der Waals surface area contributed by atoms with Gasteiger partial charge in [0.25, 0.3) is 10.0 Å². The maximum absolute atomic E-state index is 13.1. The molecule has 0 bridgehead atoms. The second-order valence-electron chi connectivity index (χ2n) is 9.43. The van der Waals surface area contributed by atoms with E-state index in [-0.39, 0.29) is 38.9 Å². The lowest BCUT2D eigenvalue weighted by molar-refractivity contribution is -0.274. The molecule has 0 radical (unpaired) electrons. The van der Waals surface area contributed by atoms with E-state index in [1.54, 1.807) is 54.6 Å². The van der Waals surface area contributed by atoms with Gasteiger partial charge in [-0.15, -0.1) is 13.2 Å². The molecule has 0 saturated heterocycles. The Morgan fingerprint density at radius 2 is 1.48 bits per heavy atom. The number of hydrogen-bond donors (Lipinski definition) is 4. The van der Waals surface area contributed by atoms with Crippen molar-refractivity contribution in [2.75, 3.05) is 4.72 Å². The van der Waals surface area contributed by atoms with Crippen molar-refractivity contribution in [3.63, 3.8) is 0 Å². The fourth-order valence-corrected chi connectivity index (χ4v) is 5.46. The smallest absolute Gasteiger partial charge is 0.478 e. The van der Waals surface area contributed by atoms with Crippen molar-refractivity contribution >= 4 is 38.3 Å².